The summed E-state index contributed by atoms with van der Waals surface area (Å²) in [5.41, 5.74) is 12.0. The van der Waals surface area contributed by atoms with Gasteiger partial charge in [0.15, 0.2) is 5.78 Å². The molecule has 428 valence electrons. The second-order valence-corrected chi connectivity index (χ2v) is 20.9. The van der Waals surface area contributed by atoms with Crippen LogP contribution in [0.3, 0.4) is 0 Å². The van der Waals surface area contributed by atoms with Crippen molar-refractivity contribution in [3.05, 3.63) is 119 Å². The number of unbranched alkanes of at least 4 members (excludes halogenated alkanes) is 2. The van der Waals surface area contributed by atoms with Crippen LogP contribution in [0.5, 0.6) is 12.2 Å². The first-order valence-corrected chi connectivity index (χ1v) is 27.4. The number of benzene rings is 4. The Labute approximate surface area is 466 Å². The SMILES string of the molecule is CCCC[C@@H](COc1nnc(-c2ccc(C(C)(C)C)cc2)o1)Nc1ccc(C(=O)CCCC(=O)OCC)cc1.CCCC[C@@H](COc1nnc(-c2ccc(C(C)(C)C)cc2)o1)Nc1ccc(C(=O)O)cc1.CCOC(=O)CCN. The normalized spacial score (nSPS) is 11.9. The van der Waals surface area contributed by atoms with Gasteiger partial charge >= 0.3 is 30.1 Å². The number of hydrogen-bond acceptors (Lipinski definition) is 17. The van der Waals surface area contributed by atoms with Crippen molar-refractivity contribution in [2.24, 2.45) is 5.73 Å². The molecule has 0 amide bonds. The highest BCUT2D eigenvalue weighted by molar-refractivity contribution is 5.96. The summed E-state index contributed by atoms with van der Waals surface area (Å²) >= 11 is 0. The second kappa shape index (κ2) is 33.0. The van der Waals surface area contributed by atoms with E-state index in [0.29, 0.717) is 69.6 Å². The molecule has 0 saturated heterocycles. The number of esters is 2. The Kier molecular flexibility index (Phi) is 26.7. The highest BCUT2D eigenvalue weighted by atomic mass is 16.6. The molecule has 0 aliphatic carbocycles. The number of Topliss-reactive ketones (excluding diaryl/α,β-unsaturated/α-hetero) is 1. The summed E-state index contributed by atoms with van der Waals surface area (Å²) in [6.45, 7) is 22.7. The van der Waals surface area contributed by atoms with Gasteiger partial charge in [0, 0.05) is 47.5 Å². The summed E-state index contributed by atoms with van der Waals surface area (Å²) in [5, 5.41) is 32.3. The van der Waals surface area contributed by atoms with Crippen LogP contribution in [0.15, 0.2) is 106 Å². The quantitative estimate of drug-likeness (QED) is 0.0263. The van der Waals surface area contributed by atoms with Crippen LogP contribution in [0.4, 0.5) is 11.4 Å². The predicted octanol–water partition coefficient (Wildman–Crippen LogP) is 12.7. The number of anilines is 2. The van der Waals surface area contributed by atoms with Gasteiger partial charge in [-0.25, -0.2) is 4.79 Å². The number of carbonyl (C=O) groups is 4. The largest absolute Gasteiger partial charge is 0.478 e. The second-order valence-electron chi connectivity index (χ2n) is 20.9. The number of nitrogens with one attached hydrogen (secondary N) is 2. The van der Waals surface area contributed by atoms with Crippen molar-refractivity contribution in [1.82, 2.24) is 20.4 Å². The zero-order valence-corrected chi connectivity index (χ0v) is 47.9. The summed E-state index contributed by atoms with van der Waals surface area (Å²) in [7, 11) is 0. The van der Waals surface area contributed by atoms with E-state index >= 15 is 0 Å². The monoisotopic (exact) mass is 1090 g/mol. The molecular formula is C61H83N7O11. The molecule has 4 aromatic carbocycles. The number of ether oxygens (including phenoxy) is 4. The van der Waals surface area contributed by atoms with E-state index in [9.17, 15) is 19.2 Å². The molecule has 6 rings (SSSR count). The third-order valence-electron chi connectivity index (χ3n) is 12.3. The zero-order chi connectivity index (χ0) is 57.8. The lowest BCUT2D eigenvalue weighted by Crippen LogP contribution is -2.27. The molecule has 79 heavy (non-hydrogen) atoms. The predicted molar refractivity (Wildman–Crippen MR) is 307 cm³/mol. The molecule has 18 heteroatoms. The highest BCUT2D eigenvalue weighted by Crippen LogP contribution is 2.29. The lowest BCUT2D eigenvalue weighted by Gasteiger charge is -2.19. The lowest BCUT2D eigenvalue weighted by atomic mass is 9.87. The van der Waals surface area contributed by atoms with Gasteiger partial charge in [0.2, 0.25) is 0 Å². The molecule has 0 unspecified atom stereocenters. The molecular weight excluding hydrogens is 1010 g/mol. The van der Waals surface area contributed by atoms with Gasteiger partial charge in [-0.15, -0.1) is 10.2 Å². The maximum absolute atomic E-state index is 12.5. The van der Waals surface area contributed by atoms with E-state index in [4.69, 9.17) is 33.9 Å². The van der Waals surface area contributed by atoms with Gasteiger partial charge in [-0.2, -0.15) is 0 Å². The Balaban J connectivity index is 0.000000303. The van der Waals surface area contributed by atoms with E-state index < -0.39 is 5.97 Å². The molecule has 5 N–H and O–H groups in total. The third kappa shape index (κ3) is 23.1. The molecule has 0 bridgehead atoms. The lowest BCUT2D eigenvalue weighted by molar-refractivity contribution is -0.144. The Bertz CT molecular complexity index is 2720. The van der Waals surface area contributed by atoms with E-state index in [1.807, 2.05) is 48.5 Å². The molecule has 0 aliphatic rings. The van der Waals surface area contributed by atoms with Crippen molar-refractivity contribution >= 4 is 35.1 Å². The Morgan fingerprint density at radius 3 is 1.32 bits per heavy atom. The Morgan fingerprint density at radius 1 is 0.544 bits per heavy atom. The summed E-state index contributed by atoms with van der Waals surface area (Å²) in [6.07, 6.45) is 7.62. The number of hydrogen-bond donors (Lipinski definition) is 4. The first-order valence-electron chi connectivity index (χ1n) is 27.4. The summed E-state index contributed by atoms with van der Waals surface area (Å²) in [6, 6.07) is 30.3. The zero-order valence-electron chi connectivity index (χ0n) is 47.9. The van der Waals surface area contributed by atoms with Crippen LogP contribution in [-0.4, -0.2) is 94.2 Å². The maximum Gasteiger partial charge on any atom is 0.414 e. The molecule has 0 aliphatic heterocycles. The number of ketones is 1. The fraction of sp³-hybridized carbons (Fsp3) is 0.475. The van der Waals surface area contributed by atoms with Gasteiger partial charge in [-0.3, -0.25) is 14.4 Å². The number of aromatic nitrogens is 4. The fourth-order valence-electron chi connectivity index (χ4n) is 7.69. The summed E-state index contributed by atoms with van der Waals surface area (Å²) < 4.78 is 32.6. The van der Waals surface area contributed by atoms with E-state index in [1.54, 1.807) is 38.1 Å². The number of aromatic carboxylic acids is 1. The molecule has 2 aromatic heterocycles. The fourth-order valence-corrected chi connectivity index (χ4v) is 7.69. The molecule has 2 heterocycles. The van der Waals surface area contributed by atoms with Crippen molar-refractivity contribution in [2.75, 3.05) is 43.6 Å². The molecule has 18 nitrogen and oxygen atoms in total. The van der Waals surface area contributed by atoms with Gasteiger partial charge in [-0.1, -0.05) is 116 Å². The van der Waals surface area contributed by atoms with Crippen LogP contribution in [-0.2, 0) is 29.9 Å². The van der Waals surface area contributed by atoms with Gasteiger partial charge < -0.3 is 49.3 Å². The number of carbonyl (C=O) groups excluding carboxylic acids is 3. The minimum Gasteiger partial charge on any atom is -0.478 e. The maximum atomic E-state index is 12.5. The van der Waals surface area contributed by atoms with Crippen molar-refractivity contribution in [1.29, 1.82) is 0 Å². The van der Waals surface area contributed by atoms with Gasteiger partial charge in [-0.05, 0) is 128 Å². The molecule has 0 radical (unpaired) electrons. The van der Waals surface area contributed by atoms with Gasteiger partial charge in [0.05, 0.1) is 37.3 Å². The van der Waals surface area contributed by atoms with Crippen molar-refractivity contribution in [3.63, 3.8) is 0 Å². The van der Waals surface area contributed by atoms with Crippen molar-refractivity contribution in [3.8, 4) is 35.1 Å². The molecule has 2 atom stereocenters. The van der Waals surface area contributed by atoms with E-state index in [2.05, 4.69) is 115 Å². The molecule has 0 saturated carbocycles. The van der Waals surface area contributed by atoms with Crippen LogP contribution in [0.2, 0.25) is 0 Å². The van der Waals surface area contributed by atoms with Crippen molar-refractivity contribution in [2.45, 2.75) is 156 Å². The van der Waals surface area contributed by atoms with E-state index in [1.165, 1.54) is 11.1 Å². The van der Waals surface area contributed by atoms with Gasteiger partial charge in [0.1, 0.15) is 13.2 Å². The van der Waals surface area contributed by atoms with E-state index in [-0.39, 0.29) is 64.8 Å². The number of nitrogens with two attached hydrogens (primary N) is 1. The smallest absolute Gasteiger partial charge is 0.414 e. The van der Waals surface area contributed by atoms with Crippen LogP contribution < -0.4 is 25.8 Å². The summed E-state index contributed by atoms with van der Waals surface area (Å²) in [5.74, 6) is -0.569. The minimum absolute atomic E-state index is 0.0111. The van der Waals surface area contributed by atoms with Crippen LogP contribution >= 0.6 is 0 Å². The standard InChI is InChI=1S/C31H41N3O5.C25H31N3O4.C5H11NO2/c1-6-8-10-26(32-25-19-15-22(16-20-25)27(35)11-9-12-28(36)37-7-2)21-38-30-34-33-29(39-30)23-13-17-24(18-14-23)31(3,4)5;1-5-6-7-21(26-20-14-10-18(11-15-20)23(29)30)16-31-24-28-27-22(32-24)17-8-12-19(13-9-17)25(2,3)4;1-2-8-5(7)3-4-6/h13-20,26,32H,6-12,21H2,1-5H3;8-15,21,26H,5-7,16H2,1-4H3,(H,29,30);2-4,6H2,1H3/t26-;21-;/m00./s1. The number of carboxylic acid groups (broad SMARTS) is 1. The first-order chi connectivity index (χ1) is 37.8. The van der Waals surface area contributed by atoms with Crippen molar-refractivity contribution < 1.29 is 52.1 Å². The number of carboxylic acids is 1. The highest BCUT2D eigenvalue weighted by Gasteiger charge is 2.19. The third-order valence-corrected chi connectivity index (χ3v) is 12.3. The number of rotatable bonds is 28. The topological polar surface area (TPSA) is 253 Å². The number of nitrogens with zero attached hydrogens (tertiary/aromatic N) is 4. The minimum atomic E-state index is -0.942. The average Bonchev–Trinajstić information content (AvgIpc) is 4.14. The molecule has 6 aromatic rings. The average molecular weight is 1090 g/mol. The van der Waals surface area contributed by atoms with Crippen LogP contribution in [0, 0.1) is 0 Å². The Hall–Kier alpha value is -7.60. The van der Waals surface area contributed by atoms with Crippen LogP contribution in [0.25, 0.3) is 22.9 Å². The molecule has 0 fully saturated rings. The molecule has 0 spiro atoms. The summed E-state index contributed by atoms with van der Waals surface area (Å²) in [4.78, 5) is 45.3. The Morgan fingerprint density at radius 2 is 0.949 bits per heavy atom. The van der Waals surface area contributed by atoms with Crippen LogP contribution in [0.1, 0.15) is 165 Å². The van der Waals surface area contributed by atoms with Gasteiger partial charge in [0.25, 0.3) is 11.8 Å². The van der Waals surface area contributed by atoms with E-state index in [0.717, 1.165) is 61.0 Å². The first kappa shape index (κ1) is 63.9.